The van der Waals surface area contributed by atoms with Gasteiger partial charge in [-0.2, -0.15) is 0 Å². The third-order valence-corrected chi connectivity index (χ3v) is 6.56. The molecule has 3 N–H and O–H groups in total. The average molecular weight is 583 g/mol. The summed E-state index contributed by atoms with van der Waals surface area (Å²) in [7, 11) is 0. The zero-order chi connectivity index (χ0) is 26.0. The SMILES string of the molecule is C[C@@H]1CN(C(=O)c2cc(Br)cc([N+](=O)[O-])c2N[C@H]2CN[C@H](C(=O)Nc3cc(Cl)ncn3)C2)C[C@H](C)O1. The van der Waals surface area contributed by atoms with Crippen LogP contribution in [0.15, 0.2) is 29.0 Å². The number of nitro benzene ring substituents is 1. The summed E-state index contributed by atoms with van der Waals surface area (Å²) in [6.07, 6.45) is 1.27. The zero-order valence-corrected chi connectivity index (χ0v) is 21.9. The first kappa shape index (κ1) is 26.2. The van der Waals surface area contributed by atoms with Gasteiger partial charge in [-0.1, -0.05) is 27.5 Å². The van der Waals surface area contributed by atoms with E-state index in [1.165, 1.54) is 18.5 Å². The van der Waals surface area contributed by atoms with E-state index >= 15 is 0 Å². The van der Waals surface area contributed by atoms with E-state index in [2.05, 4.69) is 41.8 Å². The molecule has 0 spiro atoms. The highest BCUT2D eigenvalue weighted by molar-refractivity contribution is 9.10. The first-order chi connectivity index (χ1) is 17.1. The van der Waals surface area contributed by atoms with Crippen LogP contribution in [0.3, 0.4) is 0 Å². The predicted octanol–water partition coefficient (Wildman–Crippen LogP) is 2.83. The number of hydrogen-bond donors (Lipinski definition) is 3. The zero-order valence-electron chi connectivity index (χ0n) is 19.5. The number of hydrogen-bond acceptors (Lipinski definition) is 9. The van der Waals surface area contributed by atoms with Crippen LogP contribution in [-0.4, -0.2) is 75.5 Å². The van der Waals surface area contributed by atoms with E-state index in [-0.39, 0.29) is 58.0 Å². The highest BCUT2D eigenvalue weighted by Crippen LogP contribution is 2.35. The van der Waals surface area contributed by atoms with Crippen LogP contribution in [0.25, 0.3) is 0 Å². The molecule has 4 atom stereocenters. The fourth-order valence-corrected chi connectivity index (χ4v) is 5.03. The van der Waals surface area contributed by atoms with Gasteiger partial charge < -0.3 is 25.6 Å². The van der Waals surface area contributed by atoms with Gasteiger partial charge in [-0.25, -0.2) is 9.97 Å². The van der Waals surface area contributed by atoms with E-state index in [4.69, 9.17) is 16.3 Å². The van der Waals surface area contributed by atoms with Crippen molar-refractivity contribution in [1.29, 1.82) is 0 Å². The van der Waals surface area contributed by atoms with Crippen molar-refractivity contribution in [3.63, 3.8) is 0 Å². The Bertz CT molecular complexity index is 1180. The molecule has 2 fully saturated rings. The van der Waals surface area contributed by atoms with Crippen molar-refractivity contribution >= 4 is 56.5 Å². The number of carbonyl (C=O) groups excluding carboxylic acids is 2. The van der Waals surface area contributed by atoms with Gasteiger partial charge in [-0.15, -0.1) is 0 Å². The van der Waals surface area contributed by atoms with E-state index in [0.717, 1.165) is 0 Å². The molecule has 0 unspecified atom stereocenters. The normalized spacial score (nSPS) is 23.8. The maximum Gasteiger partial charge on any atom is 0.294 e. The van der Waals surface area contributed by atoms with Gasteiger partial charge in [-0.3, -0.25) is 19.7 Å². The fraction of sp³-hybridized carbons (Fsp3) is 0.455. The van der Waals surface area contributed by atoms with E-state index in [9.17, 15) is 19.7 Å². The molecule has 2 aliphatic heterocycles. The van der Waals surface area contributed by atoms with Gasteiger partial charge in [0.15, 0.2) is 0 Å². The Morgan fingerprint density at radius 1 is 1.25 bits per heavy atom. The van der Waals surface area contributed by atoms with Crippen molar-refractivity contribution in [1.82, 2.24) is 20.2 Å². The van der Waals surface area contributed by atoms with Crippen LogP contribution in [-0.2, 0) is 9.53 Å². The van der Waals surface area contributed by atoms with Crippen molar-refractivity contribution < 1.29 is 19.2 Å². The van der Waals surface area contributed by atoms with Crippen molar-refractivity contribution in [2.24, 2.45) is 0 Å². The summed E-state index contributed by atoms with van der Waals surface area (Å²) >= 11 is 9.14. The van der Waals surface area contributed by atoms with Crippen molar-refractivity contribution in [2.45, 2.75) is 44.6 Å². The summed E-state index contributed by atoms with van der Waals surface area (Å²) in [6.45, 7) is 4.87. The average Bonchev–Trinajstić information content (AvgIpc) is 3.27. The molecular formula is C22H25BrClN7O5. The van der Waals surface area contributed by atoms with Gasteiger partial charge in [0.05, 0.1) is 28.7 Å². The van der Waals surface area contributed by atoms with Crippen molar-refractivity contribution in [3.8, 4) is 0 Å². The molecule has 12 nitrogen and oxygen atoms in total. The second kappa shape index (κ2) is 11.0. The second-order valence-electron chi connectivity index (χ2n) is 8.83. The Morgan fingerprint density at radius 3 is 2.64 bits per heavy atom. The largest absolute Gasteiger partial charge is 0.375 e. The maximum absolute atomic E-state index is 13.5. The molecule has 0 aliphatic carbocycles. The van der Waals surface area contributed by atoms with E-state index in [1.807, 2.05) is 13.8 Å². The first-order valence-electron chi connectivity index (χ1n) is 11.3. The number of halogens is 2. The molecule has 2 amide bonds. The number of benzene rings is 1. The highest BCUT2D eigenvalue weighted by Gasteiger charge is 2.35. The number of anilines is 2. The van der Waals surface area contributed by atoms with Crippen LogP contribution in [0.4, 0.5) is 17.2 Å². The molecule has 36 heavy (non-hydrogen) atoms. The quantitative estimate of drug-likeness (QED) is 0.265. The molecule has 0 radical (unpaired) electrons. The summed E-state index contributed by atoms with van der Waals surface area (Å²) in [5, 5.41) is 21.0. The summed E-state index contributed by atoms with van der Waals surface area (Å²) in [5.74, 6) is -0.389. The van der Waals surface area contributed by atoms with E-state index in [1.54, 1.807) is 11.0 Å². The minimum atomic E-state index is -0.578. The molecule has 4 rings (SSSR count). The number of nitro groups is 1. The van der Waals surface area contributed by atoms with Crippen LogP contribution in [0.2, 0.25) is 5.15 Å². The lowest BCUT2D eigenvalue weighted by Crippen LogP contribution is -2.48. The number of carbonyl (C=O) groups is 2. The Labute approximate surface area is 220 Å². The van der Waals surface area contributed by atoms with Crippen LogP contribution in [0.5, 0.6) is 0 Å². The minimum Gasteiger partial charge on any atom is -0.375 e. The number of nitrogens with zero attached hydrogens (tertiary/aromatic N) is 4. The monoisotopic (exact) mass is 581 g/mol. The van der Waals surface area contributed by atoms with Crippen molar-refractivity contribution in [2.75, 3.05) is 30.3 Å². The molecular weight excluding hydrogens is 558 g/mol. The third kappa shape index (κ3) is 6.09. The molecule has 0 saturated carbocycles. The number of aromatic nitrogens is 2. The van der Waals surface area contributed by atoms with Gasteiger partial charge in [0.25, 0.3) is 11.6 Å². The molecule has 1 aromatic carbocycles. The second-order valence-corrected chi connectivity index (χ2v) is 10.1. The Hall–Kier alpha value is -2.87. The highest BCUT2D eigenvalue weighted by atomic mass is 79.9. The Kier molecular flexibility index (Phi) is 8.03. The van der Waals surface area contributed by atoms with E-state index in [0.29, 0.717) is 30.5 Å². The van der Waals surface area contributed by atoms with Crippen LogP contribution >= 0.6 is 27.5 Å². The number of nitrogens with one attached hydrogen (secondary N) is 3. The topological polar surface area (TPSA) is 152 Å². The standard InChI is InChI=1S/C22H25BrClN7O5/c1-11-8-30(9-12(2)36-11)22(33)15-3-13(23)4-17(31(34)35)20(15)28-14-5-16(25-7-14)21(32)29-19-6-18(24)26-10-27-19/h3-4,6,10-12,14,16,25,28H,5,7-9H2,1-2H3,(H,26,27,29,32)/t11-,12+,14-,16+/m1/s1. The number of morpholine rings is 1. The van der Waals surface area contributed by atoms with Gasteiger partial charge in [0, 0.05) is 42.3 Å². The Balaban J connectivity index is 1.53. The van der Waals surface area contributed by atoms with Crippen LogP contribution in [0, 0.1) is 10.1 Å². The fourth-order valence-electron chi connectivity index (χ4n) is 4.44. The summed E-state index contributed by atoms with van der Waals surface area (Å²) in [5.41, 5.74) is 0.0713. The number of ether oxygens (including phenoxy) is 1. The number of rotatable bonds is 6. The molecule has 2 aliphatic rings. The molecule has 3 heterocycles. The van der Waals surface area contributed by atoms with Gasteiger partial charge in [0.2, 0.25) is 5.91 Å². The lowest BCUT2D eigenvalue weighted by Gasteiger charge is -2.35. The lowest BCUT2D eigenvalue weighted by molar-refractivity contribution is -0.384. The smallest absolute Gasteiger partial charge is 0.294 e. The number of amides is 2. The van der Waals surface area contributed by atoms with Crippen molar-refractivity contribution in [3.05, 3.63) is 49.8 Å². The molecule has 192 valence electrons. The molecule has 2 saturated heterocycles. The summed E-state index contributed by atoms with van der Waals surface area (Å²) in [4.78, 5) is 47.0. The first-order valence-corrected chi connectivity index (χ1v) is 12.5. The Morgan fingerprint density at radius 2 is 1.97 bits per heavy atom. The van der Waals surface area contributed by atoms with E-state index < -0.39 is 11.0 Å². The molecule has 2 aromatic rings. The maximum atomic E-state index is 13.5. The molecule has 14 heteroatoms. The van der Waals surface area contributed by atoms with Crippen LogP contribution in [0.1, 0.15) is 30.6 Å². The third-order valence-electron chi connectivity index (χ3n) is 5.90. The molecule has 0 bridgehead atoms. The summed E-state index contributed by atoms with van der Waals surface area (Å²) in [6, 6.07) is 3.44. The minimum absolute atomic E-state index is 0.121. The van der Waals surface area contributed by atoms with Gasteiger partial charge in [-0.05, 0) is 26.3 Å². The summed E-state index contributed by atoms with van der Waals surface area (Å²) < 4.78 is 6.14. The van der Waals surface area contributed by atoms with Gasteiger partial charge >= 0.3 is 0 Å². The lowest BCUT2D eigenvalue weighted by atomic mass is 10.1. The van der Waals surface area contributed by atoms with Gasteiger partial charge in [0.1, 0.15) is 23.0 Å². The molecule has 1 aromatic heterocycles. The van der Waals surface area contributed by atoms with Crippen LogP contribution < -0.4 is 16.0 Å². The predicted molar refractivity (Wildman–Crippen MR) is 136 cm³/mol.